The van der Waals surface area contributed by atoms with Crippen LogP contribution in [0.2, 0.25) is 0 Å². The summed E-state index contributed by atoms with van der Waals surface area (Å²) in [5.74, 6) is 0.666. The molecule has 2 fully saturated rings. The Morgan fingerprint density at radius 2 is 1.21 bits per heavy atom. The number of aromatic nitrogens is 4. The molecule has 0 spiro atoms. The molecular weight excluding hydrogens is 743 g/mol. The van der Waals surface area contributed by atoms with E-state index in [4.69, 9.17) is 9.47 Å². The van der Waals surface area contributed by atoms with Crippen LogP contribution in [0, 0.1) is 11.8 Å². The summed E-state index contributed by atoms with van der Waals surface area (Å²) in [5.41, 5.74) is 5.61. The van der Waals surface area contributed by atoms with Crippen molar-refractivity contribution in [1.29, 1.82) is 0 Å². The van der Waals surface area contributed by atoms with Crippen LogP contribution < -0.4 is 15.5 Å². The monoisotopic (exact) mass is 793 g/mol. The van der Waals surface area contributed by atoms with Gasteiger partial charge < -0.3 is 44.8 Å². The van der Waals surface area contributed by atoms with Crippen molar-refractivity contribution in [3.8, 4) is 22.5 Å². The van der Waals surface area contributed by atoms with Crippen LogP contribution >= 0.6 is 0 Å². The number of carbonyl (C=O) groups is 5. The normalized spacial score (nSPS) is 18.8. The van der Waals surface area contributed by atoms with Crippen molar-refractivity contribution in [2.75, 3.05) is 32.2 Å². The quantitative estimate of drug-likeness (QED) is 0.147. The summed E-state index contributed by atoms with van der Waals surface area (Å²) in [6.45, 7) is 9.07. The molecule has 16 nitrogen and oxygen atoms in total. The fourth-order valence-corrected chi connectivity index (χ4v) is 8.21. The third kappa shape index (κ3) is 7.87. The molecule has 2 aromatic carbocycles. The number of rotatable bonds is 11. The molecule has 0 aliphatic carbocycles. The molecule has 0 radical (unpaired) electrons. The minimum atomic E-state index is -0.719. The van der Waals surface area contributed by atoms with E-state index in [0.29, 0.717) is 36.8 Å². The number of carbonyl (C=O) groups excluding carboxylic acids is 5. The molecule has 4 N–H and O–H groups in total. The van der Waals surface area contributed by atoms with E-state index in [1.807, 2.05) is 70.2 Å². The van der Waals surface area contributed by atoms with E-state index in [1.165, 1.54) is 14.2 Å². The molecule has 5 amide bonds. The van der Waals surface area contributed by atoms with Crippen LogP contribution in [0.1, 0.15) is 93.0 Å². The minimum Gasteiger partial charge on any atom is -0.453 e. The SMILES string of the molecule is COC(=O)NC(C(=O)N1CCCC1c1ncc(-c2ccc(N3Cc4cc(-c5cnc(C6CCCN6C(=O)C(NC(=O)OC)C(C)C)[nH]5)ccc4C3=O)cc2)[nH]1)C(C)C. The number of benzene rings is 2. The maximum absolute atomic E-state index is 13.6. The van der Waals surface area contributed by atoms with Gasteiger partial charge in [-0.25, -0.2) is 19.6 Å². The predicted molar refractivity (Wildman–Crippen MR) is 214 cm³/mol. The third-order valence-corrected chi connectivity index (χ3v) is 11.4. The highest BCUT2D eigenvalue weighted by atomic mass is 16.5. The second-order valence-electron chi connectivity index (χ2n) is 15.8. The van der Waals surface area contributed by atoms with E-state index < -0.39 is 24.3 Å². The van der Waals surface area contributed by atoms with E-state index in [9.17, 15) is 24.0 Å². The van der Waals surface area contributed by atoms with Gasteiger partial charge in [0.1, 0.15) is 23.7 Å². The molecule has 3 aliphatic rings. The summed E-state index contributed by atoms with van der Waals surface area (Å²) >= 11 is 0. The summed E-state index contributed by atoms with van der Waals surface area (Å²) in [4.78, 5) is 86.2. The molecule has 0 saturated carbocycles. The Morgan fingerprint density at radius 3 is 1.69 bits per heavy atom. The second kappa shape index (κ2) is 16.7. The fourth-order valence-electron chi connectivity index (χ4n) is 8.21. The number of anilines is 1. The fraction of sp³-hybridized carbons (Fsp3) is 0.452. The minimum absolute atomic E-state index is 0.0869. The van der Waals surface area contributed by atoms with Crippen LogP contribution in [0.5, 0.6) is 0 Å². The van der Waals surface area contributed by atoms with Gasteiger partial charge in [0, 0.05) is 24.3 Å². The van der Waals surface area contributed by atoms with Gasteiger partial charge >= 0.3 is 12.2 Å². The molecule has 4 atom stereocenters. The molecule has 0 bridgehead atoms. The van der Waals surface area contributed by atoms with Gasteiger partial charge in [-0.15, -0.1) is 0 Å². The van der Waals surface area contributed by atoms with Gasteiger partial charge in [-0.1, -0.05) is 45.9 Å². The molecule has 2 saturated heterocycles. The van der Waals surface area contributed by atoms with Gasteiger partial charge in [-0.05, 0) is 78.5 Å². The first-order chi connectivity index (χ1) is 27.9. The van der Waals surface area contributed by atoms with Crippen LogP contribution in [-0.2, 0) is 25.6 Å². The molecule has 3 aliphatic heterocycles. The number of hydrogen-bond donors (Lipinski definition) is 4. The molecular formula is C42H51N9O7. The number of ether oxygens (including phenoxy) is 2. The number of aromatic amines is 2. The predicted octanol–water partition coefficient (Wildman–Crippen LogP) is 5.72. The first kappa shape index (κ1) is 40.0. The third-order valence-electron chi connectivity index (χ3n) is 11.4. The average molecular weight is 794 g/mol. The highest BCUT2D eigenvalue weighted by Gasteiger charge is 2.39. The van der Waals surface area contributed by atoms with Gasteiger partial charge in [0.05, 0.1) is 56.6 Å². The Bertz CT molecular complexity index is 2180. The van der Waals surface area contributed by atoms with Crippen LogP contribution in [0.3, 0.4) is 0 Å². The van der Waals surface area contributed by atoms with E-state index in [2.05, 4.69) is 30.6 Å². The Morgan fingerprint density at radius 1 is 0.724 bits per heavy atom. The van der Waals surface area contributed by atoms with E-state index in [-0.39, 0.29) is 41.6 Å². The zero-order valence-electron chi connectivity index (χ0n) is 33.7. The summed E-state index contributed by atoms with van der Waals surface area (Å²) in [7, 11) is 2.55. The topological polar surface area (TPSA) is 195 Å². The van der Waals surface area contributed by atoms with Crippen LogP contribution in [0.25, 0.3) is 22.5 Å². The number of nitrogens with zero attached hydrogens (tertiary/aromatic N) is 5. The average Bonchev–Trinajstić information content (AvgIpc) is 4.08. The number of H-pyrrole nitrogens is 2. The van der Waals surface area contributed by atoms with Crippen LogP contribution in [0.4, 0.5) is 15.3 Å². The van der Waals surface area contributed by atoms with Gasteiger partial charge in [0.25, 0.3) is 5.91 Å². The largest absolute Gasteiger partial charge is 0.453 e. The maximum Gasteiger partial charge on any atom is 0.407 e. The number of amides is 5. The molecule has 5 heterocycles. The molecule has 306 valence electrons. The number of likely N-dealkylation sites (tertiary alicyclic amines) is 2. The van der Waals surface area contributed by atoms with E-state index in [0.717, 1.165) is 59.4 Å². The number of methoxy groups -OCH3 is 2. The lowest BCUT2D eigenvalue weighted by Crippen LogP contribution is -2.51. The smallest absolute Gasteiger partial charge is 0.407 e. The number of alkyl carbamates (subject to hydrolysis) is 2. The van der Waals surface area contributed by atoms with Gasteiger partial charge in [-0.3, -0.25) is 14.4 Å². The maximum atomic E-state index is 13.6. The molecule has 16 heteroatoms. The summed E-state index contributed by atoms with van der Waals surface area (Å²) in [5, 5.41) is 5.36. The van der Waals surface area contributed by atoms with Crippen molar-refractivity contribution in [2.24, 2.45) is 11.8 Å². The molecule has 7 rings (SSSR count). The van der Waals surface area contributed by atoms with Crippen molar-refractivity contribution in [3.05, 3.63) is 77.6 Å². The van der Waals surface area contributed by atoms with Crippen LogP contribution in [-0.4, -0.2) is 99.0 Å². The Balaban J connectivity index is 1.02. The first-order valence-electron chi connectivity index (χ1n) is 19.8. The Labute approximate surface area is 337 Å². The second-order valence-corrected chi connectivity index (χ2v) is 15.8. The summed E-state index contributed by atoms with van der Waals surface area (Å²) < 4.78 is 9.51. The van der Waals surface area contributed by atoms with Gasteiger partial charge in [0.15, 0.2) is 0 Å². The number of nitrogens with one attached hydrogen (secondary N) is 4. The van der Waals surface area contributed by atoms with Gasteiger partial charge in [0.2, 0.25) is 11.8 Å². The van der Waals surface area contributed by atoms with Crippen LogP contribution in [0.15, 0.2) is 54.9 Å². The zero-order chi connectivity index (χ0) is 41.2. The number of hydrogen-bond acceptors (Lipinski definition) is 9. The standard InChI is InChI=1S/C42H51N9O7/c1-23(2)34(47-41(55)57-5)39(53)49-17-7-9-32(49)36-43-20-30(45-36)25-11-14-28(15-12-25)51-22-27-19-26(13-16-29(27)38(51)52)31-21-44-37(46-31)33-10-8-18-50(33)40(54)35(24(3)4)48-42(56)58-6/h11-16,19-21,23-24,32-35H,7-10,17-18,22H2,1-6H3,(H,43,45)(H,44,46)(H,47,55)(H,48,56). The van der Waals surface area contributed by atoms with Crippen molar-refractivity contribution in [1.82, 2.24) is 40.4 Å². The number of fused-ring (bicyclic) bond motifs is 1. The van der Waals surface area contributed by atoms with Crippen molar-refractivity contribution in [2.45, 2.75) is 84.1 Å². The highest BCUT2D eigenvalue weighted by molar-refractivity contribution is 6.10. The Kier molecular flexibility index (Phi) is 11.5. The van der Waals surface area contributed by atoms with Crippen molar-refractivity contribution in [3.63, 3.8) is 0 Å². The van der Waals surface area contributed by atoms with E-state index in [1.54, 1.807) is 27.1 Å². The molecule has 4 unspecified atom stereocenters. The van der Waals surface area contributed by atoms with Crippen molar-refractivity contribution >= 4 is 35.6 Å². The molecule has 58 heavy (non-hydrogen) atoms. The number of imidazole rings is 2. The molecule has 4 aromatic rings. The van der Waals surface area contributed by atoms with E-state index >= 15 is 0 Å². The highest BCUT2D eigenvalue weighted by Crippen LogP contribution is 2.36. The lowest BCUT2D eigenvalue weighted by Gasteiger charge is -2.30. The molecule has 2 aromatic heterocycles. The van der Waals surface area contributed by atoms with Gasteiger partial charge in [-0.2, -0.15) is 0 Å². The Hall–Kier alpha value is -6.19. The summed E-state index contributed by atoms with van der Waals surface area (Å²) in [6.07, 6.45) is 5.35. The van der Waals surface area contributed by atoms with Crippen molar-refractivity contribution < 1.29 is 33.4 Å². The lowest BCUT2D eigenvalue weighted by atomic mass is 10.0. The lowest BCUT2D eigenvalue weighted by molar-refractivity contribution is -0.136. The zero-order valence-corrected chi connectivity index (χ0v) is 33.7. The first-order valence-corrected chi connectivity index (χ1v) is 19.8. The summed E-state index contributed by atoms with van der Waals surface area (Å²) in [6, 6.07) is 11.5.